The molecule has 1 N–H and O–H groups in total. The lowest BCUT2D eigenvalue weighted by atomic mass is 10.2. The highest BCUT2D eigenvalue weighted by Gasteiger charge is 2.31. The number of halogens is 4. The van der Waals surface area contributed by atoms with Crippen LogP contribution in [0.15, 0.2) is 24.3 Å². The number of aromatic nitrogens is 2. The van der Waals surface area contributed by atoms with Crippen LogP contribution in [0.3, 0.4) is 0 Å². The molecule has 26 heavy (non-hydrogen) atoms. The Morgan fingerprint density at radius 1 is 1.08 bits per heavy atom. The number of anilines is 3. The number of nitrogens with zero attached hydrogens (tertiary/aromatic N) is 4. The molecule has 0 amide bonds. The molecule has 0 radical (unpaired) electrons. The van der Waals surface area contributed by atoms with Crippen LogP contribution in [-0.4, -0.2) is 48.1 Å². The summed E-state index contributed by atoms with van der Waals surface area (Å²) in [4.78, 5) is 13.2. The maximum atomic E-state index is 12.9. The second kappa shape index (κ2) is 7.28. The summed E-state index contributed by atoms with van der Waals surface area (Å²) >= 11 is 6.05. The van der Waals surface area contributed by atoms with E-state index in [4.69, 9.17) is 11.6 Å². The first kappa shape index (κ1) is 18.7. The van der Waals surface area contributed by atoms with Gasteiger partial charge in [-0.05, 0) is 32.2 Å². The lowest BCUT2D eigenvalue weighted by Crippen LogP contribution is -2.45. The van der Waals surface area contributed by atoms with E-state index in [9.17, 15) is 13.2 Å². The highest BCUT2D eigenvalue weighted by Crippen LogP contribution is 2.35. The number of likely N-dealkylation sites (N-methyl/N-ethyl adjacent to an activating group) is 1. The van der Waals surface area contributed by atoms with Crippen LogP contribution < -0.4 is 10.2 Å². The van der Waals surface area contributed by atoms with E-state index in [0.29, 0.717) is 11.8 Å². The third-order valence-electron chi connectivity index (χ3n) is 4.18. The summed E-state index contributed by atoms with van der Waals surface area (Å²) in [6.07, 6.45) is -4.44. The van der Waals surface area contributed by atoms with Crippen LogP contribution in [0, 0.1) is 6.92 Å². The van der Waals surface area contributed by atoms with E-state index in [-0.39, 0.29) is 10.7 Å². The van der Waals surface area contributed by atoms with Crippen molar-refractivity contribution in [1.82, 2.24) is 14.9 Å². The first-order valence-corrected chi connectivity index (χ1v) is 8.53. The summed E-state index contributed by atoms with van der Waals surface area (Å²) < 4.78 is 38.8. The summed E-state index contributed by atoms with van der Waals surface area (Å²) in [7, 11) is 2.05. The molecule has 0 bridgehead atoms. The maximum Gasteiger partial charge on any atom is 0.416 e. The molecule has 0 spiro atoms. The van der Waals surface area contributed by atoms with E-state index < -0.39 is 11.7 Å². The van der Waals surface area contributed by atoms with Crippen molar-refractivity contribution in [3.8, 4) is 0 Å². The Balaban J connectivity index is 1.86. The average Bonchev–Trinajstić information content (AvgIpc) is 2.56. The van der Waals surface area contributed by atoms with Gasteiger partial charge in [-0.25, -0.2) is 4.98 Å². The van der Waals surface area contributed by atoms with Crippen molar-refractivity contribution < 1.29 is 13.2 Å². The van der Waals surface area contributed by atoms with Crippen LogP contribution >= 0.6 is 11.6 Å². The molecule has 5 nitrogen and oxygen atoms in total. The molecule has 3 rings (SSSR count). The number of nitrogens with one attached hydrogen (secondary N) is 1. The number of aryl methyl sites for hydroxylation is 1. The van der Waals surface area contributed by atoms with Crippen molar-refractivity contribution >= 4 is 29.1 Å². The zero-order valence-electron chi connectivity index (χ0n) is 14.4. The number of benzene rings is 1. The summed E-state index contributed by atoms with van der Waals surface area (Å²) in [6, 6.07) is 4.84. The zero-order chi connectivity index (χ0) is 18.9. The Bertz CT molecular complexity index is 788. The fourth-order valence-corrected chi connectivity index (χ4v) is 2.86. The van der Waals surface area contributed by atoms with Crippen LogP contribution in [0.2, 0.25) is 5.02 Å². The van der Waals surface area contributed by atoms with Crippen molar-refractivity contribution in [3.05, 3.63) is 40.5 Å². The first-order valence-electron chi connectivity index (χ1n) is 8.15. The Morgan fingerprint density at radius 3 is 2.42 bits per heavy atom. The number of hydrogen-bond donors (Lipinski definition) is 1. The molecule has 2 heterocycles. The molecule has 1 aliphatic heterocycles. The molecular weight excluding hydrogens is 367 g/mol. The Morgan fingerprint density at radius 2 is 1.77 bits per heavy atom. The number of alkyl halides is 3. The molecule has 9 heteroatoms. The molecule has 1 saturated heterocycles. The van der Waals surface area contributed by atoms with Crippen LogP contribution in [0.25, 0.3) is 0 Å². The quantitative estimate of drug-likeness (QED) is 0.866. The predicted molar refractivity (Wildman–Crippen MR) is 96.2 cm³/mol. The van der Waals surface area contributed by atoms with E-state index in [0.717, 1.165) is 44.0 Å². The zero-order valence-corrected chi connectivity index (χ0v) is 15.2. The third kappa shape index (κ3) is 4.37. The molecule has 1 aromatic carbocycles. The minimum Gasteiger partial charge on any atom is -0.339 e. The monoisotopic (exact) mass is 385 g/mol. The minimum atomic E-state index is -4.44. The first-order chi connectivity index (χ1) is 12.2. The fourth-order valence-electron chi connectivity index (χ4n) is 2.70. The molecule has 0 atom stereocenters. The van der Waals surface area contributed by atoms with Gasteiger partial charge >= 0.3 is 6.18 Å². The van der Waals surface area contributed by atoms with Gasteiger partial charge in [0, 0.05) is 37.9 Å². The lowest BCUT2D eigenvalue weighted by Gasteiger charge is -2.32. The van der Waals surface area contributed by atoms with Crippen molar-refractivity contribution in [2.75, 3.05) is 43.4 Å². The maximum absolute atomic E-state index is 12.9. The van der Waals surface area contributed by atoms with Gasteiger partial charge in [0.25, 0.3) is 0 Å². The molecule has 2 aromatic rings. The van der Waals surface area contributed by atoms with Gasteiger partial charge < -0.3 is 15.1 Å². The number of rotatable bonds is 3. The van der Waals surface area contributed by atoms with E-state index >= 15 is 0 Å². The van der Waals surface area contributed by atoms with Crippen molar-refractivity contribution in [3.63, 3.8) is 0 Å². The second-order valence-electron chi connectivity index (χ2n) is 6.30. The normalized spacial score (nSPS) is 16.0. The van der Waals surface area contributed by atoms with Crippen LogP contribution in [0.1, 0.15) is 11.3 Å². The topological polar surface area (TPSA) is 44.3 Å². The van der Waals surface area contributed by atoms with Crippen LogP contribution in [-0.2, 0) is 6.18 Å². The molecule has 0 saturated carbocycles. The van der Waals surface area contributed by atoms with Gasteiger partial charge in [0.15, 0.2) is 0 Å². The molecule has 1 aliphatic rings. The molecule has 0 aliphatic carbocycles. The van der Waals surface area contributed by atoms with Gasteiger partial charge in [0.2, 0.25) is 5.95 Å². The van der Waals surface area contributed by atoms with E-state index in [2.05, 4.69) is 32.1 Å². The van der Waals surface area contributed by atoms with Gasteiger partial charge in [0.1, 0.15) is 5.82 Å². The predicted octanol–water partition coefficient (Wildman–Crippen LogP) is 3.95. The largest absolute Gasteiger partial charge is 0.416 e. The smallest absolute Gasteiger partial charge is 0.339 e. The average molecular weight is 386 g/mol. The molecule has 1 fully saturated rings. The summed E-state index contributed by atoms with van der Waals surface area (Å²) in [5, 5.41) is 3.08. The minimum absolute atomic E-state index is 0.156. The SMILES string of the molecule is Cc1cc(Nc2cc(C(F)(F)F)ccc2Cl)nc(N2CCN(C)CC2)n1. The van der Waals surface area contributed by atoms with Gasteiger partial charge in [-0.1, -0.05) is 11.6 Å². The van der Waals surface area contributed by atoms with E-state index in [1.165, 1.54) is 6.07 Å². The van der Waals surface area contributed by atoms with E-state index in [1.807, 2.05) is 6.92 Å². The standard InChI is InChI=1S/C17H19ClF3N5/c1-11-9-15(24-16(22-11)26-7-5-25(2)6-8-26)23-14-10-12(17(19,20)21)3-4-13(14)18/h3-4,9-10H,5-8H2,1-2H3,(H,22,23,24). The molecular formula is C17H19ClF3N5. The summed E-state index contributed by atoms with van der Waals surface area (Å²) in [6.45, 7) is 5.21. The Hall–Kier alpha value is -2.06. The van der Waals surface area contributed by atoms with Gasteiger partial charge in [-0.3, -0.25) is 0 Å². The number of piperazine rings is 1. The van der Waals surface area contributed by atoms with Gasteiger partial charge in [-0.2, -0.15) is 18.2 Å². The van der Waals surface area contributed by atoms with Crippen molar-refractivity contribution in [2.24, 2.45) is 0 Å². The second-order valence-corrected chi connectivity index (χ2v) is 6.71. The molecule has 0 unspecified atom stereocenters. The Kier molecular flexibility index (Phi) is 5.24. The summed E-state index contributed by atoms with van der Waals surface area (Å²) in [5.74, 6) is 0.969. The van der Waals surface area contributed by atoms with Crippen LogP contribution in [0.5, 0.6) is 0 Å². The van der Waals surface area contributed by atoms with Crippen LogP contribution in [0.4, 0.5) is 30.6 Å². The Labute approximate surface area is 154 Å². The lowest BCUT2D eigenvalue weighted by molar-refractivity contribution is -0.137. The number of hydrogen-bond acceptors (Lipinski definition) is 5. The highest BCUT2D eigenvalue weighted by molar-refractivity contribution is 6.33. The van der Waals surface area contributed by atoms with E-state index in [1.54, 1.807) is 6.07 Å². The third-order valence-corrected chi connectivity index (χ3v) is 4.51. The fraction of sp³-hybridized carbons (Fsp3) is 0.412. The van der Waals surface area contributed by atoms with Crippen molar-refractivity contribution in [2.45, 2.75) is 13.1 Å². The van der Waals surface area contributed by atoms with Gasteiger partial charge in [-0.15, -0.1) is 0 Å². The summed E-state index contributed by atoms with van der Waals surface area (Å²) in [5.41, 5.74) is 0.109. The molecule has 1 aromatic heterocycles. The van der Waals surface area contributed by atoms with Gasteiger partial charge in [0.05, 0.1) is 16.3 Å². The molecule has 140 valence electrons. The highest BCUT2D eigenvalue weighted by atomic mass is 35.5. The van der Waals surface area contributed by atoms with Crippen molar-refractivity contribution in [1.29, 1.82) is 0 Å².